The Labute approximate surface area is 76.3 Å². The Hall–Kier alpha value is -0.900. The van der Waals surface area contributed by atoms with E-state index in [1.54, 1.807) is 18.2 Å². The van der Waals surface area contributed by atoms with Gasteiger partial charge in [0.25, 0.3) is 0 Å². The molecule has 70 valence electrons. The number of aliphatic hydroxyl groups excluding tert-OH is 3. The second-order valence-electron chi connectivity index (χ2n) is 3.39. The third kappa shape index (κ3) is 1.35. The van der Waals surface area contributed by atoms with Gasteiger partial charge in [-0.1, -0.05) is 24.3 Å². The predicted molar refractivity (Wildman–Crippen MR) is 47.0 cm³/mol. The second-order valence-corrected chi connectivity index (χ2v) is 3.39. The topological polar surface area (TPSA) is 60.7 Å². The van der Waals surface area contributed by atoms with E-state index in [9.17, 15) is 15.3 Å². The molecule has 0 aromatic heterocycles. The summed E-state index contributed by atoms with van der Waals surface area (Å²) in [5.74, 6) is 0. The minimum absolute atomic E-state index is 0.207. The molecule has 0 saturated carbocycles. The molecule has 3 nitrogen and oxygen atoms in total. The van der Waals surface area contributed by atoms with Gasteiger partial charge in [-0.15, -0.1) is 0 Å². The predicted octanol–water partition coefficient (Wildman–Crippen LogP) is 0.518. The van der Waals surface area contributed by atoms with Gasteiger partial charge < -0.3 is 15.3 Å². The maximum atomic E-state index is 9.59. The van der Waals surface area contributed by atoms with Gasteiger partial charge in [0.1, 0.15) is 6.10 Å². The van der Waals surface area contributed by atoms with Crippen molar-refractivity contribution in [3.8, 4) is 0 Å². The molecule has 13 heavy (non-hydrogen) atoms. The maximum Gasteiger partial charge on any atom is 0.105 e. The fourth-order valence-electron chi connectivity index (χ4n) is 1.78. The van der Waals surface area contributed by atoms with Crippen LogP contribution < -0.4 is 0 Å². The molecule has 0 amide bonds. The Morgan fingerprint density at radius 1 is 1.00 bits per heavy atom. The molecule has 1 aliphatic rings. The average molecular weight is 180 g/mol. The molecule has 0 unspecified atom stereocenters. The van der Waals surface area contributed by atoms with Gasteiger partial charge in [0.15, 0.2) is 0 Å². The molecular weight excluding hydrogens is 168 g/mol. The highest BCUT2D eigenvalue weighted by molar-refractivity contribution is 5.33. The molecule has 0 fully saturated rings. The molecule has 0 heterocycles. The highest BCUT2D eigenvalue weighted by Crippen LogP contribution is 2.35. The Morgan fingerprint density at radius 2 is 1.62 bits per heavy atom. The standard InChI is InChI=1S/C10H12O3/c11-8-5-9(12)10(13)7-4-2-1-3-6(7)8/h1-4,8-13H,5H2/t8-,9+,10-/m1/s1. The first-order chi connectivity index (χ1) is 6.20. The zero-order valence-corrected chi connectivity index (χ0v) is 7.09. The van der Waals surface area contributed by atoms with Crippen LogP contribution in [-0.2, 0) is 0 Å². The van der Waals surface area contributed by atoms with Crippen molar-refractivity contribution in [3.05, 3.63) is 35.4 Å². The van der Waals surface area contributed by atoms with E-state index in [1.807, 2.05) is 6.07 Å². The molecular formula is C10H12O3. The first kappa shape index (κ1) is 8.69. The Bertz CT molecular complexity index is 311. The number of hydrogen-bond acceptors (Lipinski definition) is 3. The molecule has 2 rings (SSSR count). The molecule has 0 radical (unpaired) electrons. The number of benzene rings is 1. The van der Waals surface area contributed by atoms with Gasteiger partial charge in [0.2, 0.25) is 0 Å². The van der Waals surface area contributed by atoms with Crippen molar-refractivity contribution in [3.63, 3.8) is 0 Å². The lowest BCUT2D eigenvalue weighted by Crippen LogP contribution is -2.27. The van der Waals surface area contributed by atoms with Crippen molar-refractivity contribution >= 4 is 0 Å². The summed E-state index contributed by atoms with van der Waals surface area (Å²) in [4.78, 5) is 0. The van der Waals surface area contributed by atoms with Crippen molar-refractivity contribution in [1.29, 1.82) is 0 Å². The average Bonchev–Trinajstić information content (AvgIpc) is 2.15. The summed E-state index contributed by atoms with van der Waals surface area (Å²) in [6.07, 6.45) is -2.17. The minimum atomic E-state index is -0.861. The SMILES string of the molecule is O[C@@H]1C[C@H](O)[C@H](O)c2ccccc21. The molecule has 0 bridgehead atoms. The smallest absolute Gasteiger partial charge is 0.105 e. The van der Waals surface area contributed by atoms with E-state index in [2.05, 4.69) is 0 Å². The van der Waals surface area contributed by atoms with Crippen molar-refractivity contribution < 1.29 is 15.3 Å². The number of hydrogen-bond donors (Lipinski definition) is 3. The zero-order chi connectivity index (χ0) is 9.42. The summed E-state index contributed by atoms with van der Waals surface area (Å²) >= 11 is 0. The van der Waals surface area contributed by atoms with Crippen molar-refractivity contribution in [2.75, 3.05) is 0 Å². The van der Waals surface area contributed by atoms with E-state index >= 15 is 0 Å². The number of fused-ring (bicyclic) bond motifs is 1. The van der Waals surface area contributed by atoms with Gasteiger partial charge in [0.05, 0.1) is 12.2 Å². The number of aliphatic hydroxyl groups is 3. The third-order valence-corrected chi connectivity index (χ3v) is 2.50. The van der Waals surface area contributed by atoms with Crippen LogP contribution in [0.2, 0.25) is 0 Å². The van der Waals surface area contributed by atoms with Crippen molar-refractivity contribution in [2.24, 2.45) is 0 Å². The summed E-state index contributed by atoms with van der Waals surface area (Å²) in [7, 11) is 0. The summed E-state index contributed by atoms with van der Waals surface area (Å²) in [6, 6.07) is 7.10. The van der Waals surface area contributed by atoms with E-state index in [1.165, 1.54) is 0 Å². The molecule has 1 aromatic rings. The molecule has 0 spiro atoms. The van der Waals surface area contributed by atoms with Crippen molar-refractivity contribution in [2.45, 2.75) is 24.7 Å². The molecule has 0 saturated heterocycles. The monoisotopic (exact) mass is 180 g/mol. The van der Waals surface area contributed by atoms with Gasteiger partial charge >= 0.3 is 0 Å². The lowest BCUT2D eigenvalue weighted by molar-refractivity contribution is -0.0287. The van der Waals surface area contributed by atoms with E-state index < -0.39 is 18.3 Å². The van der Waals surface area contributed by atoms with Gasteiger partial charge in [-0.05, 0) is 11.1 Å². The van der Waals surface area contributed by atoms with Gasteiger partial charge in [0, 0.05) is 6.42 Å². The second kappa shape index (κ2) is 3.10. The highest BCUT2D eigenvalue weighted by atomic mass is 16.3. The van der Waals surface area contributed by atoms with Crippen LogP contribution in [-0.4, -0.2) is 21.4 Å². The van der Waals surface area contributed by atoms with E-state index in [0.29, 0.717) is 5.56 Å². The normalized spacial score (nSPS) is 32.7. The summed E-state index contributed by atoms with van der Waals surface area (Å²) in [5.41, 5.74) is 1.36. The molecule has 0 aliphatic heterocycles. The summed E-state index contributed by atoms with van der Waals surface area (Å²) in [6.45, 7) is 0. The number of rotatable bonds is 0. The third-order valence-electron chi connectivity index (χ3n) is 2.50. The van der Waals surface area contributed by atoms with E-state index in [4.69, 9.17) is 0 Å². The fraction of sp³-hybridized carbons (Fsp3) is 0.400. The van der Waals surface area contributed by atoms with Gasteiger partial charge in [-0.3, -0.25) is 0 Å². The largest absolute Gasteiger partial charge is 0.390 e. The first-order valence-corrected chi connectivity index (χ1v) is 4.33. The van der Waals surface area contributed by atoms with Crippen LogP contribution in [0.15, 0.2) is 24.3 Å². The van der Waals surface area contributed by atoms with Crippen LogP contribution in [0.5, 0.6) is 0 Å². The van der Waals surface area contributed by atoms with E-state index in [0.717, 1.165) is 5.56 Å². The Balaban J connectivity index is 2.47. The van der Waals surface area contributed by atoms with Crippen molar-refractivity contribution in [1.82, 2.24) is 0 Å². The summed E-state index contributed by atoms with van der Waals surface area (Å²) < 4.78 is 0. The fourth-order valence-corrected chi connectivity index (χ4v) is 1.78. The van der Waals surface area contributed by atoms with Crippen LogP contribution in [0, 0.1) is 0 Å². The first-order valence-electron chi connectivity index (χ1n) is 4.33. The molecule has 3 atom stereocenters. The van der Waals surface area contributed by atoms with Crippen LogP contribution in [0.4, 0.5) is 0 Å². The van der Waals surface area contributed by atoms with E-state index in [-0.39, 0.29) is 6.42 Å². The molecule has 3 heteroatoms. The quantitative estimate of drug-likeness (QED) is 0.545. The highest BCUT2D eigenvalue weighted by Gasteiger charge is 2.30. The molecule has 3 N–H and O–H groups in total. The van der Waals surface area contributed by atoms with Crippen LogP contribution in [0.25, 0.3) is 0 Å². The van der Waals surface area contributed by atoms with Crippen LogP contribution in [0.1, 0.15) is 29.8 Å². The molecule has 1 aromatic carbocycles. The Morgan fingerprint density at radius 3 is 2.31 bits per heavy atom. The summed E-state index contributed by atoms with van der Waals surface area (Å²) in [5, 5.41) is 28.5. The van der Waals surface area contributed by atoms with Gasteiger partial charge in [-0.2, -0.15) is 0 Å². The maximum absolute atomic E-state index is 9.59. The van der Waals surface area contributed by atoms with Crippen LogP contribution >= 0.6 is 0 Å². The lowest BCUT2D eigenvalue weighted by atomic mass is 9.85. The van der Waals surface area contributed by atoms with Gasteiger partial charge in [-0.25, -0.2) is 0 Å². The zero-order valence-electron chi connectivity index (χ0n) is 7.09. The Kier molecular flexibility index (Phi) is 2.07. The lowest BCUT2D eigenvalue weighted by Gasteiger charge is -2.29. The minimum Gasteiger partial charge on any atom is -0.390 e. The molecule has 1 aliphatic carbocycles. The van der Waals surface area contributed by atoms with Crippen LogP contribution in [0.3, 0.4) is 0 Å².